The zero-order chi connectivity index (χ0) is 94.4. The highest BCUT2D eigenvalue weighted by atomic mass is 31.2. The molecule has 9 rings (SSSR count). The molecule has 0 aromatic heterocycles. The first-order valence-electron chi connectivity index (χ1n) is 56.5. The Hall–Kier alpha value is -7.19. The molecule has 4 heteroatoms. The Labute approximate surface area is 818 Å². The van der Waals surface area contributed by atoms with E-state index >= 15 is 0 Å². The van der Waals surface area contributed by atoms with Crippen molar-refractivity contribution in [2.45, 2.75) is 489 Å². The molecule has 0 aliphatic carbocycles. The van der Waals surface area contributed by atoms with Crippen molar-refractivity contribution in [1.82, 2.24) is 0 Å². The van der Waals surface area contributed by atoms with Gasteiger partial charge in [-0.25, -0.2) is 0 Å². The first-order chi connectivity index (χ1) is 65.5. The smallest absolute Gasteiger partial charge is 0.408 e. The summed E-state index contributed by atoms with van der Waals surface area (Å²) in [6.07, 6.45) is 68.6. The van der Waals surface area contributed by atoms with E-state index in [0.717, 1.165) is 191 Å². The SMILES string of the molecule is CCCCCc1cccc(-c2c(CCCCC)ccc(OP(Oc3ccc(CCCCC)c(-c4cccc(CCCCC)c4CCCCC)c3-c3cccc(CCCCC)c3CCCCC)Oc3ccc(CCCCC)c(-c4cccc(CCCCC)c4CCCCC)c3-c3cccc(CCCCC)c3CCCCC)c2-c2cccc(CCCCC)c2CCCCC)c1CCCCC. The average molecular weight is 1820 g/mol. The molecular formula is C129H189O3P. The molecule has 0 heterocycles. The molecule has 0 saturated carbocycles. The molecule has 0 spiro atoms. The summed E-state index contributed by atoms with van der Waals surface area (Å²) in [5.74, 6) is 2.59. The Balaban J connectivity index is 1.59. The Bertz CT molecular complexity index is 4280. The Morgan fingerprint density at radius 2 is 0.286 bits per heavy atom. The molecule has 0 aliphatic heterocycles. The summed E-state index contributed by atoms with van der Waals surface area (Å²) in [6.45, 7) is 35.8. The van der Waals surface area contributed by atoms with Gasteiger partial charge in [0.25, 0.3) is 0 Å². The van der Waals surface area contributed by atoms with E-state index in [1.54, 1.807) is 16.7 Å². The normalized spacial score (nSPS) is 11.6. The van der Waals surface area contributed by atoms with Crippen LogP contribution in [0.3, 0.4) is 0 Å². The summed E-state index contributed by atoms with van der Waals surface area (Å²) in [7, 11) is -2.46. The van der Waals surface area contributed by atoms with Gasteiger partial charge in [0.05, 0.1) is 0 Å². The van der Waals surface area contributed by atoms with Crippen molar-refractivity contribution >= 4 is 8.60 Å². The van der Waals surface area contributed by atoms with E-state index in [1.165, 1.54) is 345 Å². The maximum atomic E-state index is 8.85. The van der Waals surface area contributed by atoms with Crippen LogP contribution in [-0.2, 0) is 96.3 Å². The van der Waals surface area contributed by atoms with Crippen LogP contribution in [0.4, 0.5) is 0 Å². The summed E-state index contributed by atoms with van der Waals surface area (Å²) in [6, 6.07) is 60.1. The van der Waals surface area contributed by atoms with Crippen LogP contribution in [0.15, 0.2) is 146 Å². The van der Waals surface area contributed by atoms with E-state index < -0.39 is 8.60 Å². The van der Waals surface area contributed by atoms with Crippen LogP contribution < -0.4 is 13.6 Å². The molecule has 0 saturated heterocycles. The molecule has 728 valence electrons. The summed E-state index contributed by atoms with van der Waals surface area (Å²) in [4.78, 5) is 0. The van der Waals surface area contributed by atoms with Crippen molar-refractivity contribution in [1.29, 1.82) is 0 Å². The second-order valence-corrected chi connectivity index (χ2v) is 40.9. The van der Waals surface area contributed by atoms with E-state index in [1.807, 2.05) is 0 Å². The molecule has 0 fully saturated rings. The lowest BCUT2D eigenvalue weighted by molar-refractivity contribution is 0.390. The van der Waals surface area contributed by atoms with Gasteiger partial charge in [-0.05, 0) is 344 Å². The minimum Gasteiger partial charge on any atom is -0.408 e. The monoisotopic (exact) mass is 1820 g/mol. The van der Waals surface area contributed by atoms with Gasteiger partial charge in [-0.3, -0.25) is 0 Å². The topological polar surface area (TPSA) is 27.7 Å². The lowest BCUT2D eigenvalue weighted by Gasteiger charge is -2.29. The molecule has 3 nitrogen and oxygen atoms in total. The summed E-state index contributed by atoms with van der Waals surface area (Å²) >= 11 is 0. The van der Waals surface area contributed by atoms with Crippen LogP contribution in [0.1, 0.15) is 476 Å². The molecule has 0 N–H and O–H groups in total. The fourth-order valence-electron chi connectivity index (χ4n) is 21.5. The van der Waals surface area contributed by atoms with Crippen LogP contribution in [0.2, 0.25) is 0 Å². The van der Waals surface area contributed by atoms with Gasteiger partial charge in [-0.2, -0.15) is 0 Å². The molecule has 133 heavy (non-hydrogen) atoms. The predicted octanol–water partition coefficient (Wildman–Crippen LogP) is 41.4. The van der Waals surface area contributed by atoms with Gasteiger partial charge in [0.15, 0.2) is 0 Å². The van der Waals surface area contributed by atoms with Crippen molar-refractivity contribution in [2.75, 3.05) is 0 Å². The van der Waals surface area contributed by atoms with Crippen LogP contribution in [0, 0.1) is 0 Å². The highest BCUT2D eigenvalue weighted by molar-refractivity contribution is 7.43. The van der Waals surface area contributed by atoms with Gasteiger partial charge < -0.3 is 13.6 Å². The van der Waals surface area contributed by atoms with E-state index in [4.69, 9.17) is 13.6 Å². The summed E-state index contributed by atoms with van der Waals surface area (Å²) in [5.41, 5.74) is 38.5. The van der Waals surface area contributed by atoms with Gasteiger partial charge in [0, 0.05) is 16.7 Å². The average Bonchev–Trinajstić information content (AvgIpc) is 0.755. The molecule has 0 aliphatic rings. The van der Waals surface area contributed by atoms with Crippen molar-refractivity contribution in [3.05, 3.63) is 229 Å². The molecule has 9 aromatic rings. The van der Waals surface area contributed by atoms with Gasteiger partial charge >= 0.3 is 8.60 Å². The van der Waals surface area contributed by atoms with Gasteiger partial charge in [-0.15, -0.1) is 0 Å². The number of benzene rings is 9. The quantitative estimate of drug-likeness (QED) is 0.0281. The van der Waals surface area contributed by atoms with Crippen molar-refractivity contribution < 1.29 is 13.6 Å². The number of unbranched alkanes of at least 4 members (excludes halogenated alkanes) is 30. The largest absolute Gasteiger partial charge is 0.530 e. The summed E-state index contributed by atoms with van der Waals surface area (Å²) < 4.78 is 26.6. The Morgan fingerprint density at radius 3 is 0.444 bits per heavy atom. The van der Waals surface area contributed by atoms with E-state index in [9.17, 15) is 0 Å². The molecular weight excluding hydrogens is 1630 g/mol. The zero-order valence-electron chi connectivity index (χ0n) is 88.0. The maximum absolute atomic E-state index is 8.85. The van der Waals surface area contributed by atoms with Crippen molar-refractivity contribution in [3.63, 3.8) is 0 Å². The second-order valence-electron chi connectivity index (χ2n) is 39.9. The number of aryl methyl sites for hydroxylation is 9. The third-order valence-corrected chi connectivity index (χ3v) is 30.2. The van der Waals surface area contributed by atoms with Crippen LogP contribution in [-0.4, -0.2) is 0 Å². The fraction of sp³-hybridized carbons (Fsp3) is 0.581. The number of rotatable bonds is 72. The zero-order valence-corrected chi connectivity index (χ0v) is 88.8. The number of hydrogen-bond donors (Lipinski definition) is 0. The molecule has 0 unspecified atom stereocenters. The third kappa shape index (κ3) is 33.0. The Morgan fingerprint density at radius 1 is 0.143 bits per heavy atom. The van der Waals surface area contributed by atoms with Crippen molar-refractivity contribution in [3.8, 4) is 84.0 Å². The molecule has 0 radical (unpaired) electrons. The van der Waals surface area contributed by atoms with Gasteiger partial charge in [0.2, 0.25) is 0 Å². The van der Waals surface area contributed by atoms with E-state index in [0.29, 0.717) is 0 Å². The molecule has 0 bridgehead atoms. The first-order valence-corrected chi connectivity index (χ1v) is 57.6. The van der Waals surface area contributed by atoms with Crippen LogP contribution in [0.25, 0.3) is 66.8 Å². The minimum absolute atomic E-state index is 0.863. The standard InChI is InChI=1S/C129H189O3P/c1-16-31-46-67-100-76-61-88-115(109(100)82-55-40-25-10)124-106(73-52-37-22-7)94-97-121(127(124)118-91-64-79-103(70-49-34-19-4)112(118)85-58-43-28-13)130-133(131-122-98-95-107(74-53-38-23-8)125(116-89-62-77-101(68-47-32-17-2)110(116)83-56-41-26-11)128(122)119-92-65-80-104(71-50-35-20-5)113(119)86-59-44-29-14)132-123-99-96-108(75-54-39-24-9)126(117-90-63-78-102(69-48-33-18-3)111(117)84-57-42-27-12)129(123)120-93-66-81-105(72-51-36-21-6)114(120)87-60-45-30-15/h61-66,76-81,88-99H,16-60,67-75,82-87H2,1-15H3. The lowest BCUT2D eigenvalue weighted by Crippen LogP contribution is -2.10. The molecule has 0 amide bonds. The molecule has 0 atom stereocenters. The highest BCUT2D eigenvalue weighted by Gasteiger charge is 2.35. The van der Waals surface area contributed by atoms with Gasteiger partial charge in [-0.1, -0.05) is 424 Å². The first kappa shape index (κ1) is 109. The molecule has 9 aromatic carbocycles. The van der Waals surface area contributed by atoms with Crippen LogP contribution >= 0.6 is 8.60 Å². The van der Waals surface area contributed by atoms with Crippen molar-refractivity contribution in [2.24, 2.45) is 0 Å². The van der Waals surface area contributed by atoms with E-state index in [-0.39, 0.29) is 0 Å². The Kier molecular flexibility index (Phi) is 52.7. The summed E-state index contributed by atoms with van der Waals surface area (Å²) in [5, 5.41) is 0. The van der Waals surface area contributed by atoms with E-state index in [2.05, 4.69) is 249 Å². The predicted molar refractivity (Wildman–Crippen MR) is 589 cm³/mol. The maximum Gasteiger partial charge on any atom is 0.530 e. The second kappa shape index (κ2) is 64.1. The van der Waals surface area contributed by atoms with Gasteiger partial charge in [0.1, 0.15) is 17.2 Å². The number of hydrogen-bond acceptors (Lipinski definition) is 3. The lowest BCUT2D eigenvalue weighted by atomic mass is 9.80. The van der Waals surface area contributed by atoms with Crippen LogP contribution in [0.5, 0.6) is 17.2 Å². The highest BCUT2D eigenvalue weighted by Crippen LogP contribution is 2.58. The fourth-order valence-corrected chi connectivity index (χ4v) is 22.6. The minimum atomic E-state index is -2.46. The third-order valence-electron chi connectivity index (χ3n) is 29.2.